The molecule has 2 atom stereocenters. The van der Waals surface area contributed by atoms with E-state index >= 15 is 0 Å². The van der Waals surface area contributed by atoms with Gasteiger partial charge in [0.1, 0.15) is 23.6 Å². The Kier molecular flexibility index (Phi) is 20.7. The maximum atomic E-state index is 13.0. The molecule has 0 saturated heterocycles. The van der Waals surface area contributed by atoms with E-state index in [9.17, 15) is 44.1 Å². The van der Waals surface area contributed by atoms with Gasteiger partial charge in [-0.05, 0) is 125 Å². The molecule has 6 aromatic rings. The highest BCUT2D eigenvalue weighted by Crippen LogP contribution is 2.21. The summed E-state index contributed by atoms with van der Waals surface area (Å²) in [5, 5.41) is 49.2. The number of phenols is 2. The second-order valence-electron chi connectivity index (χ2n) is 16.8. The van der Waals surface area contributed by atoms with Crippen molar-refractivity contribution in [3.05, 3.63) is 137 Å². The lowest BCUT2D eigenvalue weighted by Crippen LogP contribution is -2.49. The molecule has 0 spiro atoms. The van der Waals surface area contributed by atoms with Crippen LogP contribution in [0.4, 0.5) is 11.9 Å². The number of hydrogen-bond acceptors (Lipinski definition) is 17. The molecule has 0 aliphatic carbocycles. The first-order valence-corrected chi connectivity index (χ1v) is 24.9. The van der Waals surface area contributed by atoms with Crippen LogP contribution in [0.15, 0.2) is 71.4 Å². The van der Waals surface area contributed by atoms with Crippen molar-refractivity contribution in [1.82, 2.24) is 41.2 Å². The Hall–Kier alpha value is -7.98. The lowest BCUT2D eigenvalue weighted by atomic mass is 10.1. The zero-order valence-electron chi connectivity index (χ0n) is 41.5. The molecule has 73 heavy (non-hydrogen) atoms. The second-order valence-corrected chi connectivity index (χ2v) is 18.7. The van der Waals surface area contributed by atoms with Crippen molar-refractivity contribution >= 4 is 70.1 Å². The predicted octanol–water partition coefficient (Wildman–Crippen LogP) is 5.74. The van der Waals surface area contributed by atoms with Crippen molar-refractivity contribution in [3.8, 4) is 11.5 Å². The molecule has 6 rings (SSSR count). The molecule has 0 bridgehead atoms. The van der Waals surface area contributed by atoms with Crippen LogP contribution in [0.25, 0.3) is 0 Å². The van der Waals surface area contributed by atoms with E-state index in [1.165, 1.54) is 29.8 Å². The van der Waals surface area contributed by atoms with Gasteiger partial charge in [0.15, 0.2) is 0 Å². The van der Waals surface area contributed by atoms with Gasteiger partial charge < -0.3 is 52.0 Å². The van der Waals surface area contributed by atoms with Crippen molar-refractivity contribution in [2.75, 3.05) is 43.9 Å². The fourth-order valence-electron chi connectivity index (χ4n) is 7.23. The summed E-state index contributed by atoms with van der Waals surface area (Å²) < 4.78 is 4.79. The lowest BCUT2D eigenvalue weighted by molar-refractivity contribution is -0.142. The third-order valence-electron chi connectivity index (χ3n) is 11.2. The molecule has 22 heteroatoms. The number of carbonyl (C=O) groups is 6. The Morgan fingerprint density at radius 2 is 0.973 bits per heavy atom. The van der Waals surface area contributed by atoms with Crippen LogP contribution in [0.1, 0.15) is 97.9 Å². The first kappa shape index (κ1) is 55.9. The Morgan fingerprint density at radius 3 is 1.33 bits per heavy atom. The predicted molar refractivity (Wildman–Crippen MR) is 278 cm³/mol. The van der Waals surface area contributed by atoms with E-state index in [2.05, 4.69) is 51.8 Å². The minimum absolute atomic E-state index is 0.132. The van der Waals surface area contributed by atoms with Gasteiger partial charge in [-0.2, -0.15) is 0 Å². The number of aromatic hydroxyl groups is 2. The van der Waals surface area contributed by atoms with Gasteiger partial charge in [-0.1, -0.05) is 36.4 Å². The number of thiophene rings is 2. The number of aromatic nitrogens is 4. The molecule has 9 N–H and O–H groups in total. The molecule has 0 aliphatic rings. The average molecular weight is 1040 g/mol. The Labute approximate surface area is 430 Å². The van der Waals surface area contributed by atoms with Gasteiger partial charge in [0.25, 0.3) is 23.6 Å². The smallest absolute Gasteiger partial charge is 0.330 e. The standard InChI is InChI=1S/C26H31N5O5S.C25H29N5O5S/c1-15-9-10-18(13-20(15)32)7-5-11-27-26-29-16(2)22(17(3)30-26)24(34)31-19(25(35)36-4)14-28-23(33)21-8-6-12-37-21;1-14-8-9-17(12-19(14)31)6-4-10-26-25-28-15(2)21(16(3)29-25)23(33)30-18(24(34)35)13-27-22(32)20-7-5-11-36-20/h6,8-10,12-13,19,32H,5,7,11,14H2,1-4H3,(H,28,33)(H,31,34)(H,27,29,30);5,7-9,11-12,18,31H,4,6,10,13H2,1-3H3,(H,27,32)(H,30,33)(H,34,35)(H,26,28,29)/t19-;18-/m00/s1. The van der Waals surface area contributed by atoms with Crippen molar-refractivity contribution in [2.45, 2.75) is 79.3 Å². The summed E-state index contributed by atoms with van der Waals surface area (Å²) in [6, 6.07) is 15.6. The summed E-state index contributed by atoms with van der Waals surface area (Å²) in [6.07, 6.45) is 3.12. The molecular weight excluding hydrogens is 977 g/mol. The third-order valence-corrected chi connectivity index (χ3v) is 12.9. The van der Waals surface area contributed by atoms with Crippen LogP contribution in [0.5, 0.6) is 11.5 Å². The summed E-state index contributed by atoms with van der Waals surface area (Å²) >= 11 is 2.51. The van der Waals surface area contributed by atoms with Crippen LogP contribution in [0.3, 0.4) is 0 Å². The molecule has 0 unspecified atom stereocenters. The number of esters is 1. The number of carboxylic acids is 1. The highest BCUT2D eigenvalue weighted by molar-refractivity contribution is 7.12. The van der Waals surface area contributed by atoms with Crippen molar-refractivity contribution < 1.29 is 48.8 Å². The van der Waals surface area contributed by atoms with E-state index < -0.39 is 41.7 Å². The zero-order valence-corrected chi connectivity index (χ0v) is 43.2. The maximum Gasteiger partial charge on any atom is 0.330 e. The third kappa shape index (κ3) is 16.5. The minimum atomic E-state index is -1.32. The van der Waals surface area contributed by atoms with Crippen molar-refractivity contribution in [3.63, 3.8) is 0 Å². The normalized spacial score (nSPS) is 11.5. The summed E-state index contributed by atoms with van der Waals surface area (Å²) in [6.45, 7) is 11.2. The number of carboxylic acid groups (broad SMARTS) is 1. The number of anilines is 2. The number of rotatable bonds is 22. The molecule has 4 heterocycles. The number of aryl methyl sites for hydroxylation is 8. The van der Waals surface area contributed by atoms with Gasteiger partial charge in [0, 0.05) is 26.2 Å². The quantitative estimate of drug-likeness (QED) is 0.0289. The Bertz CT molecular complexity index is 2850. The van der Waals surface area contributed by atoms with E-state index in [0.29, 0.717) is 57.5 Å². The van der Waals surface area contributed by atoms with Gasteiger partial charge in [-0.25, -0.2) is 29.5 Å². The molecule has 0 saturated carbocycles. The zero-order chi connectivity index (χ0) is 53.2. The van der Waals surface area contributed by atoms with E-state index in [4.69, 9.17) is 4.74 Å². The SMILES string of the molecule is COC(=O)[C@H](CNC(=O)c1cccs1)NC(=O)c1c(C)nc(NCCCc2ccc(C)c(O)c2)nc1C.Cc1ccc(CCCNc2nc(C)c(C(=O)N[C@@H](CNC(=O)c3cccs3)C(=O)O)c(C)n2)cc1O. The first-order valence-electron chi connectivity index (χ1n) is 23.2. The number of aliphatic carboxylic acids is 1. The van der Waals surface area contributed by atoms with Gasteiger partial charge in [0.2, 0.25) is 11.9 Å². The number of ether oxygens (including phenoxy) is 1. The molecule has 2 aromatic carbocycles. The maximum absolute atomic E-state index is 13.0. The summed E-state index contributed by atoms with van der Waals surface area (Å²) in [4.78, 5) is 92.5. The molecule has 20 nitrogen and oxygen atoms in total. The second kappa shape index (κ2) is 27.0. The van der Waals surface area contributed by atoms with Crippen LogP contribution in [0, 0.1) is 41.5 Å². The van der Waals surface area contributed by atoms with Gasteiger partial charge >= 0.3 is 11.9 Å². The van der Waals surface area contributed by atoms with Gasteiger partial charge in [-0.15, -0.1) is 22.7 Å². The molecule has 386 valence electrons. The van der Waals surface area contributed by atoms with E-state index in [1.807, 2.05) is 38.1 Å². The largest absolute Gasteiger partial charge is 0.508 e. The fourth-order valence-corrected chi connectivity index (χ4v) is 8.51. The number of hydrogen-bond donors (Lipinski definition) is 9. The number of nitrogens with zero attached hydrogens (tertiary/aromatic N) is 4. The number of phenolic OH excluding ortho intramolecular Hbond substituents is 2. The fraction of sp³-hybridized carbons (Fsp3) is 0.333. The highest BCUT2D eigenvalue weighted by atomic mass is 32.1. The number of amides is 4. The Morgan fingerprint density at radius 1 is 0.575 bits per heavy atom. The molecule has 4 amide bonds. The summed E-state index contributed by atoms with van der Waals surface area (Å²) in [5.74, 6) is -2.55. The Balaban J connectivity index is 0.000000271. The van der Waals surface area contributed by atoms with Crippen LogP contribution >= 0.6 is 22.7 Å². The monoisotopic (exact) mass is 1040 g/mol. The van der Waals surface area contributed by atoms with Crippen LogP contribution < -0.4 is 31.9 Å². The number of nitrogens with one attached hydrogen (secondary N) is 6. The summed E-state index contributed by atoms with van der Waals surface area (Å²) in [5.41, 5.74) is 5.87. The molecular formula is C51H60N10O10S2. The average Bonchev–Trinajstić information content (AvgIpc) is 4.10. The van der Waals surface area contributed by atoms with Crippen molar-refractivity contribution in [1.29, 1.82) is 0 Å². The number of carbonyl (C=O) groups excluding carboxylic acids is 5. The van der Waals surface area contributed by atoms with Crippen LogP contribution in [0.2, 0.25) is 0 Å². The first-order chi connectivity index (χ1) is 34.8. The highest BCUT2D eigenvalue weighted by Gasteiger charge is 2.27. The molecule has 0 fully saturated rings. The topological polar surface area (TPSA) is 296 Å². The van der Waals surface area contributed by atoms with Crippen LogP contribution in [-0.4, -0.2) is 116 Å². The lowest BCUT2D eigenvalue weighted by Gasteiger charge is -2.18. The molecule has 4 aromatic heterocycles. The van der Waals surface area contributed by atoms with E-state index in [1.54, 1.807) is 74.9 Å². The number of benzene rings is 2. The minimum Gasteiger partial charge on any atom is -0.508 e. The van der Waals surface area contributed by atoms with E-state index in [0.717, 1.165) is 47.9 Å². The van der Waals surface area contributed by atoms with Crippen LogP contribution in [-0.2, 0) is 27.2 Å². The van der Waals surface area contributed by atoms with Crippen molar-refractivity contribution in [2.24, 2.45) is 0 Å². The van der Waals surface area contributed by atoms with E-state index in [-0.39, 0.29) is 41.6 Å². The molecule has 0 radical (unpaired) electrons. The molecule has 0 aliphatic heterocycles. The van der Waals surface area contributed by atoms with Gasteiger partial charge in [-0.3, -0.25) is 19.2 Å². The number of methoxy groups -OCH3 is 1. The van der Waals surface area contributed by atoms with Gasteiger partial charge in [0.05, 0.1) is 50.8 Å². The summed E-state index contributed by atoms with van der Waals surface area (Å²) in [7, 11) is 1.21.